The van der Waals surface area contributed by atoms with E-state index in [1.54, 1.807) is 0 Å². The van der Waals surface area contributed by atoms with Crippen molar-refractivity contribution in [3.05, 3.63) is 0 Å². The van der Waals surface area contributed by atoms with Crippen molar-refractivity contribution in [2.75, 3.05) is 0 Å². The minimum Gasteiger partial charge on any atom is -0.185 e. The Labute approximate surface area is 85.8 Å². The van der Waals surface area contributed by atoms with Crippen molar-refractivity contribution in [1.29, 1.82) is 0 Å². The van der Waals surface area contributed by atoms with Gasteiger partial charge in [0.1, 0.15) is 0 Å². The van der Waals surface area contributed by atoms with Crippen LogP contribution in [0.2, 0.25) is 0 Å². The van der Waals surface area contributed by atoms with Gasteiger partial charge >= 0.3 is 7.32 Å². The Balaban J connectivity index is 0. The first kappa shape index (κ1) is 12.1. The molecule has 0 saturated heterocycles. The second kappa shape index (κ2) is 8.37. The maximum absolute atomic E-state index is 10.4. The van der Waals surface area contributed by atoms with Gasteiger partial charge < -0.3 is 0 Å². The van der Waals surface area contributed by atoms with E-state index in [0.29, 0.717) is 0 Å². The van der Waals surface area contributed by atoms with Crippen molar-refractivity contribution in [3.8, 4) is 0 Å². The normalized spacial score (nSPS) is 7.88. The molecule has 0 atom stereocenters. The van der Waals surface area contributed by atoms with E-state index in [4.69, 9.17) is 0 Å². The van der Waals surface area contributed by atoms with E-state index >= 15 is 0 Å². The third-order valence-electron chi connectivity index (χ3n) is 0.218. The van der Waals surface area contributed by atoms with E-state index < -0.39 is 7.32 Å². The second-order valence-electron chi connectivity index (χ2n) is 0.556. The summed E-state index contributed by atoms with van der Waals surface area (Å²) in [5.41, 5.74) is 0. The summed E-state index contributed by atoms with van der Waals surface area (Å²) in [6, 6.07) is 0. The standard InChI is InChI=1S/BF3O3.K/c2-5-1(6-3)7-4;. The number of rotatable bonds is 3. The Kier molecular flexibility index (Phi) is 12.6. The van der Waals surface area contributed by atoms with Gasteiger partial charge in [0.25, 0.3) is 0 Å². The molecule has 0 aliphatic rings. The van der Waals surface area contributed by atoms with Gasteiger partial charge in [-0.3, -0.25) is 0 Å². The Bertz CT molecular complexity index is 36.0. The fourth-order valence-electron chi connectivity index (χ4n) is 0.0412. The average molecular weight is 155 g/mol. The number of halogens is 3. The van der Waals surface area contributed by atoms with Crippen LogP contribution < -0.4 is 0 Å². The molecule has 0 saturated carbocycles. The molecule has 0 spiro atoms. The summed E-state index contributed by atoms with van der Waals surface area (Å²) in [6.45, 7) is 0. The summed E-state index contributed by atoms with van der Waals surface area (Å²) in [6.07, 6.45) is 0. The predicted molar refractivity (Wildman–Crippen MR) is 18.1 cm³/mol. The maximum Gasteiger partial charge on any atom is 0.737 e. The van der Waals surface area contributed by atoms with E-state index in [9.17, 15) is 13.6 Å². The molecule has 0 bridgehead atoms. The van der Waals surface area contributed by atoms with Crippen LogP contribution in [0.4, 0.5) is 13.6 Å². The summed E-state index contributed by atoms with van der Waals surface area (Å²) < 4.78 is 31.3. The molecule has 8 heteroatoms. The third-order valence-corrected chi connectivity index (χ3v) is 0.218. The van der Waals surface area contributed by atoms with Crippen molar-refractivity contribution < 1.29 is 28.2 Å². The fraction of sp³-hybridized carbons (Fsp3) is 0. The Hall–Kier alpha value is 1.37. The Morgan fingerprint density at radius 1 is 0.875 bits per heavy atom. The van der Waals surface area contributed by atoms with E-state index in [1.165, 1.54) is 0 Å². The van der Waals surface area contributed by atoms with E-state index in [-0.39, 0.29) is 51.4 Å². The zero-order valence-corrected chi connectivity index (χ0v) is 7.06. The van der Waals surface area contributed by atoms with Crippen molar-refractivity contribution >= 4 is 58.7 Å². The Morgan fingerprint density at radius 2 is 1.12 bits per heavy atom. The molecule has 0 aromatic carbocycles. The van der Waals surface area contributed by atoms with Gasteiger partial charge in [0.05, 0.1) is 0 Å². The van der Waals surface area contributed by atoms with Gasteiger partial charge in [-0.05, 0) is 0 Å². The van der Waals surface area contributed by atoms with E-state index in [0.717, 1.165) is 0 Å². The van der Waals surface area contributed by atoms with Crippen LogP contribution >= 0.6 is 0 Å². The van der Waals surface area contributed by atoms with Crippen LogP contribution in [-0.4, -0.2) is 58.7 Å². The SMILES string of the molecule is FOB(OF)OF.[K]. The first-order chi connectivity index (χ1) is 3.35. The molecule has 0 fully saturated rings. The molecule has 0 rings (SSSR count). The quantitative estimate of drug-likeness (QED) is 0.548. The molecular formula is BF3KO3. The smallest absolute Gasteiger partial charge is 0.185 e. The molecule has 0 heterocycles. The molecule has 1 radical (unpaired) electrons. The maximum atomic E-state index is 10.4. The first-order valence-corrected chi connectivity index (χ1v) is 1.17. The fourth-order valence-corrected chi connectivity index (χ4v) is 0.0412. The van der Waals surface area contributed by atoms with Crippen LogP contribution in [0.1, 0.15) is 0 Å². The summed E-state index contributed by atoms with van der Waals surface area (Å²) in [4.78, 5) is 7.06. The van der Waals surface area contributed by atoms with Crippen molar-refractivity contribution in [3.63, 3.8) is 0 Å². The average Bonchev–Trinajstić information content (AvgIpc) is 1.72. The van der Waals surface area contributed by atoms with Gasteiger partial charge in [0, 0.05) is 51.4 Å². The minimum atomic E-state index is -2.51. The number of hydrogen-bond donors (Lipinski definition) is 0. The van der Waals surface area contributed by atoms with Crippen LogP contribution in [0, 0.1) is 0 Å². The zero-order chi connectivity index (χ0) is 5.70. The summed E-state index contributed by atoms with van der Waals surface area (Å²) in [5, 5.41) is 0. The molecule has 8 heavy (non-hydrogen) atoms. The third kappa shape index (κ3) is 5.51. The van der Waals surface area contributed by atoms with Crippen molar-refractivity contribution in [1.82, 2.24) is 0 Å². The van der Waals surface area contributed by atoms with Crippen LogP contribution in [0.25, 0.3) is 0 Å². The van der Waals surface area contributed by atoms with Crippen molar-refractivity contribution in [2.24, 2.45) is 0 Å². The van der Waals surface area contributed by atoms with Gasteiger partial charge in [-0.2, -0.15) is 14.6 Å². The van der Waals surface area contributed by atoms with E-state index in [1.807, 2.05) is 0 Å². The molecule has 3 nitrogen and oxygen atoms in total. The van der Waals surface area contributed by atoms with Gasteiger partial charge in [-0.15, -0.1) is 0 Å². The molecule has 0 amide bonds. The Morgan fingerprint density at radius 3 is 1.12 bits per heavy atom. The molecule has 43 valence electrons. The van der Waals surface area contributed by atoms with E-state index in [2.05, 4.69) is 14.6 Å². The molecule has 0 N–H and O–H groups in total. The van der Waals surface area contributed by atoms with Crippen LogP contribution in [0.5, 0.6) is 0 Å². The summed E-state index contributed by atoms with van der Waals surface area (Å²) >= 11 is 0. The minimum absolute atomic E-state index is 0. The molecule has 0 aliphatic heterocycles. The van der Waals surface area contributed by atoms with Crippen LogP contribution in [-0.2, 0) is 14.6 Å². The summed E-state index contributed by atoms with van der Waals surface area (Å²) in [5.74, 6) is 0. The van der Waals surface area contributed by atoms with Crippen molar-refractivity contribution in [2.45, 2.75) is 0 Å². The van der Waals surface area contributed by atoms with Crippen LogP contribution in [0.15, 0.2) is 0 Å². The van der Waals surface area contributed by atoms with Gasteiger partial charge in [0.2, 0.25) is 0 Å². The molecule has 0 unspecified atom stereocenters. The largest absolute Gasteiger partial charge is 0.737 e. The molecular weight excluding hydrogens is 155 g/mol. The topological polar surface area (TPSA) is 27.7 Å². The molecule has 0 aliphatic carbocycles. The van der Waals surface area contributed by atoms with Gasteiger partial charge in [0.15, 0.2) is 0 Å². The molecule has 0 aromatic heterocycles. The number of hydrogen-bond acceptors (Lipinski definition) is 3. The zero-order valence-electron chi connectivity index (χ0n) is 3.94. The predicted octanol–water partition coefficient (Wildman–Crippen LogP) is 0.294. The second-order valence-corrected chi connectivity index (χ2v) is 0.556. The molecule has 0 aromatic rings. The first-order valence-electron chi connectivity index (χ1n) is 1.17. The van der Waals surface area contributed by atoms with Gasteiger partial charge in [-0.1, -0.05) is 13.6 Å². The van der Waals surface area contributed by atoms with Gasteiger partial charge in [-0.25, -0.2) is 0 Å². The summed E-state index contributed by atoms with van der Waals surface area (Å²) in [7, 11) is -2.51. The van der Waals surface area contributed by atoms with Crippen LogP contribution in [0.3, 0.4) is 0 Å². The monoisotopic (exact) mass is 155 g/mol.